The first-order valence-electron chi connectivity index (χ1n) is 7.58. The lowest BCUT2D eigenvalue weighted by atomic mass is 10.2. The molecule has 0 saturated heterocycles. The van der Waals surface area contributed by atoms with Gasteiger partial charge in [-0.2, -0.15) is 5.10 Å². The minimum absolute atomic E-state index is 0.0754. The molecule has 0 spiro atoms. The molecule has 2 heterocycles. The highest BCUT2D eigenvalue weighted by Gasteiger charge is 2.33. The maximum atomic E-state index is 13.2. The zero-order valence-corrected chi connectivity index (χ0v) is 14.3. The van der Waals surface area contributed by atoms with Gasteiger partial charge in [0.15, 0.2) is 9.84 Å². The number of halogens is 1. The van der Waals surface area contributed by atoms with Gasteiger partial charge in [-0.1, -0.05) is 6.08 Å². The Hall–Kier alpha value is -3.01. The Morgan fingerprint density at radius 3 is 2.58 bits per heavy atom. The number of nitrogens with one attached hydrogen (secondary N) is 2. The van der Waals surface area contributed by atoms with Gasteiger partial charge in [0.25, 0.3) is 0 Å². The van der Waals surface area contributed by atoms with Crippen molar-refractivity contribution in [1.82, 2.24) is 15.1 Å². The first-order chi connectivity index (χ1) is 12.3. The number of rotatable bonds is 4. The molecule has 3 rings (SSSR count). The fourth-order valence-corrected chi connectivity index (χ4v) is 4.04. The fraction of sp³-hybridized carbons (Fsp3) is 0.188. The van der Waals surface area contributed by atoms with Gasteiger partial charge in [0, 0.05) is 12.1 Å². The molecule has 1 aliphatic heterocycles. The number of carbonyl (C=O) groups excluding carboxylic acids is 2. The Morgan fingerprint density at radius 2 is 1.92 bits per heavy atom. The molecule has 136 valence electrons. The number of hydrogen-bond acceptors (Lipinski definition) is 5. The Kier molecular flexibility index (Phi) is 4.60. The van der Waals surface area contributed by atoms with E-state index in [0.29, 0.717) is 11.3 Å². The molecule has 0 aliphatic carbocycles. The second-order valence-electron chi connectivity index (χ2n) is 5.65. The lowest BCUT2D eigenvalue weighted by molar-refractivity contribution is -0.136. The number of nitrogens with zero attached hydrogens (tertiary/aromatic N) is 2. The van der Waals surface area contributed by atoms with Crippen LogP contribution in [0.3, 0.4) is 0 Å². The molecule has 10 heteroatoms. The molecule has 8 nitrogen and oxygen atoms in total. The third-order valence-electron chi connectivity index (χ3n) is 3.70. The van der Waals surface area contributed by atoms with Crippen molar-refractivity contribution in [3.8, 4) is 5.69 Å². The molecule has 2 aromatic rings. The van der Waals surface area contributed by atoms with Crippen molar-refractivity contribution in [2.24, 2.45) is 0 Å². The number of anilines is 1. The van der Waals surface area contributed by atoms with Gasteiger partial charge >= 0.3 is 11.8 Å². The van der Waals surface area contributed by atoms with E-state index in [2.05, 4.69) is 22.3 Å². The molecule has 1 aromatic carbocycles. The van der Waals surface area contributed by atoms with E-state index in [0.717, 1.165) is 0 Å². The largest absolute Gasteiger partial charge is 0.344 e. The van der Waals surface area contributed by atoms with Gasteiger partial charge in [-0.3, -0.25) is 9.59 Å². The minimum Gasteiger partial charge on any atom is -0.344 e. The van der Waals surface area contributed by atoms with Gasteiger partial charge < -0.3 is 10.6 Å². The summed E-state index contributed by atoms with van der Waals surface area (Å²) >= 11 is 0. The average molecular weight is 378 g/mol. The summed E-state index contributed by atoms with van der Waals surface area (Å²) in [5.74, 6) is -2.81. The third kappa shape index (κ3) is 3.49. The van der Waals surface area contributed by atoms with Crippen LogP contribution in [0.5, 0.6) is 0 Å². The fourth-order valence-electron chi connectivity index (χ4n) is 2.55. The summed E-state index contributed by atoms with van der Waals surface area (Å²) in [6, 6.07) is 5.28. The number of benzene rings is 1. The predicted molar refractivity (Wildman–Crippen MR) is 91.7 cm³/mol. The van der Waals surface area contributed by atoms with E-state index < -0.39 is 27.5 Å². The summed E-state index contributed by atoms with van der Waals surface area (Å²) in [6.45, 7) is 3.54. The Labute approximate surface area is 148 Å². The van der Waals surface area contributed by atoms with Crippen LogP contribution in [-0.2, 0) is 30.9 Å². The zero-order chi connectivity index (χ0) is 18.9. The van der Waals surface area contributed by atoms with Gasteiger partial charge in [0.1, 0.15) is 11.6 Å². The van der Waals surface area contributed by atoms with Crippen molar-refractivity contribution in [1.29, 1.82) is 0 Å². The number of fused-ring (bicyclic) bond motifs is 1. The first-order valence-corrected chi connectivity index (χ1v) is 9.40. The van der Waals surface area contributed by atoms with E-state index in [4.69, 9.17) is 0 Å². The van der Waals surface area contributed by atoms with Gasteiger partial charge in [-0.25, -0.2) is 17.5 Å². The second kappa shape index (κ2) is 6.71. The quantitative estimate of drug-likeness (QED) is 0.601. The third-order valence-corrected chi connectivity index (χ3v) is 5.15. The van der Waals surface area contributed by atoms with Crippen LogP contribution in [0.25, 0.3) is 5.69 Å². The van der Waals surface area contributed by atoms with Crippen molar-refractivity contribution in [3.05, 3.63) is 54.0 Å². The van der Waals surface area contributed by atoms with Crippen molar-refractivity contribution in [2.45, 2.75) is 11.5 Å². The van der Waals surface area contributed by atoms with Crippen molar-refractivity contribution in [3.63, 3.8) is 0 Å². The van der Waals surface area contributed by atoms with Gasteiger partial charge in [0.05, 0.1) is 22.9 Å². The molecule has 0 bridgehead atoms. The number of hydrogen-bond donors (Lipinski definition) is 2. The van der Waals surface area contributed by atoms with E-state index in [9.17, 15) is 22.4 Å². The maximum absolute atomic E-state index is 13.2. The smallest absolute Gasteiger partial charge is 0.314 e. The highest BCUT2D eigenvalue weighted by Crippen LogP contribution is 2.32. The van der Waals surface area contributed by atoms with Crippen LogP contribution in [0, 0.1) is 5.82 Å². The minimum atomic E-state index is -3.36. The highest BCUT2D eigenvalue weighted by molar-refractivity contribution is 7.90. The summed E-state index contributed by atoms with van der Waals surface area (Å²) < 4.78 is 38.2. The molecule has 1 aliphatic rings. The Morgan fingerprint density at radius 1 is 1.23 bits per heavy atom. The van der Waals surface area contributed by atoms with Crippen LogP contribution in [-0.4, -0.2) is 36.6 Å². The number of aromatic nitrogens is 2. The zero-order valence-electron chi connectivity index (χ0n) is 13.5. The van der Waals surface area contributed by atoms with Crippen LogP contribution in [0.1, 0.15) is 11.3 Å². The summed E-state index contributed by atoms with van der Waals surface area (Å²) in [5, 5.41) is 8.95. The number of amides is 2. The van der Waals surface area contributed by atoms with Crippen LogP contribution < -0.4 is 10.6 Å². The van der Waals surface area contributed by atoms with Gasteiger partial charge in [-0.05, 0) is 24.3 Å². The molecule has 0 atom stereocenters. The van der Waals surface area contributed by atoms with Crippen LogP contribution in [0.2, 0.25) is 0 Å². The molecule has 26 heavy (non-hydrogen) atoms. The predicted octanol–water partition coefficient (Wildman–Crippen LogP) is 0.680. The standard InChI is InChI=1S/C16H15FN4O4S/c1-2-7-18-15(22)16(23)19-14-12-8-26(24,25)9-13(12)20-21(14)11-5-3-10(17)4-6-11/h2-6H,1,7-9H2,(H,18,22)(H,19,23). The summed E-state index contributed by atoms with van der Waals surface area (Å²) in [7, 11) is -3.36. The second-order valence-corrected chi connectivity index (χ2v) is 7.71. The molecular formula is C16H15FN4O4S. The van der Waals surface area contributed by atoms with E-state index >= 15 is 0 Å². The van der Waals surface area contributed by atoms with E-state index in [1.807, 2.05) is 0 Å². The molecular weight excluding hydrogens is 363 g/mol. The van der Waals surface area contributed by atoms with Crippen LogP contribution in [0.15, 0.2) is 36.9 Å². The van der Waals surface area contributed by atoms with Crippen LogP contribution in [0.4, 0.5) is 10.2 Å². The van der Waals surface area contributed by atoms with E-state index in [1.165, 1.54) is 35.0 Å². The van der Waals surface area contributed by atoms with E-state index in [-0.39, 0.29) is 29.6 Å². The normalized spacial score (nSPS) is 14.5. The average Bonchev–Trinajstić information content (AvgIpc) is 3.06. The lowest BCUT2D eigenvalue weighted by Gasteiger charge is -2.11. The molecule has 2 N–H and O–H groups in total. The summed E-state index contributed by atoms with van der Waals surface area (Å²) in [4.78, 5) is 23.9. The van der Waals surface area contributed by atoms with Gasteiger partial charge in [0.2, 0.25) is 0 Å². The molecule has 1 aromatic heterocycles. The molecule has 0 unspecified atom stereocenters. The molecule has 0 saturated carbocycles. The molecule has 0 radical (unpaired) electrons. The summed E-state index contributed by atoms with van der Waals surface area (Å²) in [6.07, 6.45) is 1.41. The van der Waals surface area contributed by atoms with Crippen molar-refractivity contribution < 1.29 is 22.4 Å². The van der Waals surface area contributed by atoms with Crippen LogP contribution >= 0.6 is 0 Å². The van der Waals surface area contributed by atoms with E-state index in [1.54, 1.807) is 0 Å². The molecule has 0 fully saturated rings. The maximum Gasteiger partial charge on any atom is 0.314 e. The SMILES string of the molecule is C=CCNC(=O)C(=O)Nc1c2c(nn1-c1ccc(F)cc1)CS(=O)(=O)C2. The first kappa shape index (κ1) is 17.8. The van der Waals surface area contributed by atoms with Gasteiger partial charge in [-0.15, -0.1) is 6.58 Å². The van der Waals surface area contributed by atoms with Crippen molar-refractivity contribution in [2.75, 3.05) is 11.9 Å². The number of carbonyl (C=O) groups is 2. The molecule has 2 amide bonds. The highest BCUT2D eigenvalue weighted by atomic mass is 32.2. The van der Waals surface area contributed by atoms with Crippen molar-refractivity contribution >= 4 is 27.5 Å². The Bertz CT molecular complexity index is 996. The summed E-state index contributed by atoms with van der Waals surface area (Å²) in [5.41, 5.74) is 1.02. The number of sulfone groups is 1. The Balaban J connectivity index is 1.99. The monoisotopic (exact) mass is 378 g/mol. The lowest BCUT2D eigenvalue weighted by Crippen LogP contribution is -2.36. The topological polar surface area (TPSA) is 110 Å².